The summed E-state index contributed by atoms with van der Waals surface area (Å²) in [5, 5.41) is 0.811. The molecule has 2 aromatic carbocycles. The number of benzene rings is 2. The van der Waals surface area contributed by atoms with Crippen LogP contribution in [-0.2, 0) is 7.05 Å². The molecule has 24 heavy (non-hydrogen) atoms. The average Bonchev–Trinajstić information content (AvgIpc) is 2.82. The highest BCUT2D eigenvalue weighted by Crippen LogP contribution is 2.23. The third-order valence-electron chi connectivity index (χ3n) is 3.40. The molecule has 0 spiro atoms. The fourth-order valence-corrected chi connectivity index (χ4v) is 3.88. The van der Waals surface area contributed by atoms with Crippen molar-refractivity contribution < 1.29 is 9.53 Å². The summed E-state index contributed by atoms with van der Waals surface area (Å²) in [6, 6.07) is 10.5. The molecule has 0 bridgehead atoms. The van der Waals surface area contributed by atoms with E-state index >= 15 is 0 Å². The molecule has 124 valence electrons. The van der Waals surface area contributed by atoms with Crippen LogP contribution in [0.25, 0.3) is 10.2 Å². The standard InChI is InChI=1S/C17H14Cl2N2O2S/c1-3-23-13-4-5-14-15(9-13)24-17(21(14)2)20-16(22)10-6-11(18)8-12(19)7-10/h4-9H,3H2,1-2H3. The molecular weight excluding hydrogens is 367 g/mol. The second-order valence-corrected chi connectivity index (χ2v) is 6.96. The van der Waals surface area contributed by atoms with E-state index in [0.717, 1.165) is 16.0 Å². The number of halogens is 2. The molecule has 0 fully saturated rings. The van der Waals surface area contributed by atoms with Crippen LogP contribution in [0.1, 0.15) is 17.3 Å². The number of fused-ring (bicyclic) bond motifs is 1. The molecule has 1 aromatic heterocycles. The minimum absolute atomic E-state index is 0.361. The second-order valence-electron chi connectivity index (χ2n) is 5.08. The van der Waals surface area contributed by atoms with E-state index in [0.29, 0.717) is 27.0 Å². The van der Waals surface area contributed by atoms with Crippen molar-refractivity contribution in [2.45, 2.75) is 6.92 Å². The van der Waals surface area contributed by atoms with Crippen molar-refractivity contribution in [2.24, 2.45) is 12.0 Å². The van der Waals surface area contributed by atoms with Crippen LogP contribution in [0.4, 0.5) is 0 Å². The molecular formula is C17H14Cl2N2O2S. The van der Waals surface area contributed by atoms with E-state index in [2.05, 4.69) is 4.99 Å². The molecule has 3 rings (SSSR count). The molecule has 0 aliphatic heterocycles. The van der Waals surface area contributed by atoms with E-state index in [4.69, 9.17) is 27.9 Å². The number of carbonyl (C=O) groups is 1. The van der Waals surface area contributed by atoms with Crippen LogP contribution < -0.4 is 9.54 Å². The van der Waals surface area contributed by atoms with E-state index in [1.54, 1.807) is 18.2 Å². The van der Waals surface area contributed by atoms with Gasteiger partial charge in [0.1, 0.15) is 5.75 Å². The minimum atomic E-state index is -0.383. The normalized spacial score (nSPS) is 11.9. The number of rotatable bonds is 3. The molecule has 0 N–H and O–H groups in total. The number of carbonyl (C=O) groups excluding carboxylic acids is 1. The summed E-state index contributed by atoms with van der Waals surface area (Å²) >= 11 is 13.3. The molecule has 0 radical (unpaired) electrons. The maximum Gasteiger partial charge on any atom is 0.279 e. The summed E-state index contributed by atoms with van der Waals surface area (Å²) in [6.07, 6.45) is 0. The van der Waals surface area contributed by atoms with Gasteiger partial charge < -0.3 is 9.30 Å². The smallest absolute Gasteiger partial charge is 0.279 e. The number of aromatic nitrogens is 1. The Morgan fingerprint density at radius 2 is 1.92 bits per heavy atom. The zero-order chi connectivity index (χ0) is 17.3. The molecule has 3 aromatic rings. The van der Waals surface area contributed by atoms with Crippen LogP contribution in [0, 0.1) is 0 Å². The van der Waals surface area contributed by atoms with Gasteiger partial charge >= 0.3 is 0 Å². The first kappa shape index (κ1) is 17.0. The number of ether oxygens (including phenoxy) is 1. The van der Waals surface area contributed by atoms with Gasteiger partial charge in [0.2, 0.25) is 0 Å². The van der Waals surface area contributed by atoms with Gasteiger partial charge in [-0.2, -0.15) is 4.99 Å². The van der Waals surface area contributed by atoms with E-state index in [-0.39, 0.29) is 5.91 Å². The van der Waals surface area contributed by atoms with Crippen LogP contribution in [0.2, 0.25) is 10.0 Å². The zero-order valence-electron chi connectivity index (χ0n) is 13.0. The van der Waals surface area contributed by atoms with Crippen molar-refractivity contribution in [3.63, 3.8) is 0 Å². The summed E-state index contributed by atoms with van der Waals surface area (Å²) in [4.78, 5) is 17.2. The monoisotopic (exact) mass is 380 g/mol. The molecule has 0 aliphatic carbocycles. The Hall–Kier alpha value is -1.82. The maximum atomic E-state index is 12.4. The lowest BCUT2D eigenvalue weighted by atomic mass is 10.2. The van der Waals surface area contributed by atoms with Crippen molar-refractivity contribution in [2.75, 3.05) is 6.61 Å². The predicted molar refractivity (Wildman–Crippen MR) is 98.3 cm³/mol. The largest absolute Gasteiger partial charge is 0.494 e. The number of hydrogen-bond acceptors (Lipinski definition) is 3. The summed E-state index contributed by atoms with van der Waals surface area (Å²) < 4.78 is 8.38. The van der Waals surface area contributed by atoms with Gasteiger partial charge in [-0.25, -0.2) is 0 Å². The highest BCUT2D eigenvalue weighted by molar-refractivity contribution is 7.16. The van der Waals surface area contributed by atoms with Crippen LogP contribution in [0.5, 0.6) is 5.75 Å². The Morgan fingerprint density at radius 3 is 2.58 bits per heavy atom. The van der Waals surface area contributed by atoms with Crippen molar-refractivity contribution in [1.82, 2.24) is 4.57 Å². The molecule has 4 nitrogen and oxygen atoms in total. The van der Waals surface area contributed by atoms with Crippen molar-refractivity contribution in [1.29, 1.82) is 0 Å². The molecule has 7 heteroatoms. The third kappa shape index (κ3) is 3.48. The van der Waals surface area contributed by atoms with Gasteiger partial charge in [0, 0.05) is 22.7 Å². The lowest BCUT2D eigenvalue weighted by molar-refractivity contribution is 0.0998. The van der Waals surface area contributed by atoms with E-state index < -0.39 is 0 Å². The SMILES string of the molecule is CCOc1ccc2c(c1)sc(=NC(=O)c1cc(Cl)cc(Cl)c1)n2C. The van der Waals surface area contributed by atoms with Crippen LogP contribution in [-0.4, -0.2) is 17.1 Å². The van der Waals surface area contributed by atoms with Crippen LogP contribution >= 0.6 is 34.5 Å². The van der Waals surface area contributed by atoms with Gasteiger partial charge in [-0.3, -0.25) is 4.79 Å². The molecule has 0 saturated heterocycles. The lowest BCUT2D eigenvalue weighted by Gasteiger charge is -2.02. The highest BCUT2D eigenvalue weighted by atomic mass is 35.5. The fourth-order valence-electron chi connectivity index (χ4n) is 2.31. The molecule has 1 amide bonds. The first-order chi connectivity index (χ1) is 11.5. The number of thiazole rings is 1. The Kier molecular flexibility index (Phi) is 4.94. The Balaban J connectivity index is 2.05. The first-order valence-corrected chi connectivity index (χ1v) is 8.82. The summed E-state index contributed by atoms with van der Waals surface area (Å²) in [5.41, 5.74) is 1.35. The third-order valence-corrected chi connectivity index (χ3v) is 4.93. The molecule has 1 heterocycles. The van der Waals surface area contributed by atoms with Gasteiger partial charge in [-0.1, -0.05) is 34.5 Å². The Morgan fingerprint density at radius 1 is 1.21 bits per heavy atom. The zero-order valence-corrected chi connectivity index (χ0v) is 15.4. The Labute approximate surface area is 152 Å². The first-order valence-electron chi connectivity index (χ1n) is 7.25. The molecule has 0 saturated carbocycles. The average molecular weight is 381 g/mol. The van der Waals surface area contributed by atoms with Gasteiger partial charge in [0.05, 0.1) is 16.8 Å². The lowest BCUT2D eigenvalue weighted by Crippen LogP contribution is -2.13. The van der Waals surface area contributed by atoms with Gasteiger partial charge in [-0.15, -0.1) is 0 Å². The number of aryl methyl sites for hydroxylation is 1. The quantitative estimate of drug-likeness (QED) is 0.661. The van der Waals surface area contributed by atoms with Crippen LogP contribution in [0.3, 0.4) is 0 Å². The second kappa shape index (κ2) is 6.97. The molecule has 0 unspecified atom stereocenters. The predicted octanol–water partition coefficient (Wildman–Crippen LogP) is 4.69. The fraction of sp³-hybridized carbons (Fsp3) is 0.176. The number of amides is 1. The summed E-state index contributed by atoms with van der Waals surface area (Å²) in [7, 11) is 1.87. The van der Waals surface area contributed by atoms with Crippen LogP contribution in [0.15, 0.2) is 41.4 Å². The van der Waals surface area contributed by atoms with E-state index in [9.17, 15) is 4.79 Å². The summed E-state index contributed by atoms with van der Waals surface area (Å²) in [5.74, 6) is 0.415. The number of nitrogens with zero attached hydrogens (tertiary/aromatic N) is 2. The highest BCUT2D eigenvalue weighted by Gasteiger charge is 2.09. The van der Waals surface area contributed by atoms with Gasteiger partial charge in [0.25, 0.3) is 5.91 Å². The summed E-state index contributed by atoms with van der Waals surface area (Å²) in [6.45, 7) is 2.54. The van der Waals surface area contributed by atoms with E-state index in [1.807, 2.05) is 36.7 Å². The van der Waals surface area contributed by atoms with Crippen molar-refractivity contribution in [3.8, 4) is 5.75 Å². The van der Waals surface area contributed by atoms with Crippen molar-refractivity contribution >= 4 is 50.7 Å². The number of hydrogen-bond donors (Lipinski definition) is 0. The van der Waals surface area contributed by atoms with E-state index in [1.165, 1.54) is 11.3 Å². The van der Waals surface area contributed by atoms with Gasteiger partial charge in [0.15, 0.2) is 4.80 Å². The Bertz CT molecular complexity index is 972. The van der Waals surface area contributed by atoms with Crippen molar-refractivity contribution in [3.05, 3.63) is 56.8 Å². The maximum absolute atomic E-state index is 12.4. The van der Waals surface area contributed by atoms with Gasteiger partial charge in [-0.05, 0) is 43.3 Å². The minimum Gasteiger partial charge on any atom is -0.494 e. The molecule has 0 atom stereocenters. The molecule has 0 aliphatic rings. The topological polar surface area (TPSA) is 43.6 Å².